The number of nitrogens with zero attached hydrogens (tertiary/aromatic N) is 5. The number of fused-ring (bicyclic) bond motifs is 1. The fourth-order valence-corrected chi connectivity index (χ4v) is 4.19. The number of anilines is 1. The molecule has 14 heteroatoms. The smallest absolute Gasteiger partial charge is 0.348 e. The summed E-state index contributed by atoms with van der Waals surface area (Å²) in [6, 6.07) is -0.222. The number of hydrogen-bond donors (Lipinski definition) is 2. The van der Waals surface area contributed by atoms with Crippen molar-refractivity contribution in [1.82, 2.24) is 29.7 Å². The fourth-order valence-electron chi connectivity index (χ4n) is 4.19. The molecule has 37 heavy (non-hydrogen) atoms. The number of carbonyl (C=O) groups is 2. The Balaban J connectivity index is 1.58. The zero-order valence-corrected chi connectivity index (χ0v) is 20.1. The molecule has 0 bridgehead atoms. The number of piperazine rings is 1. The topological polar surface area (TPSA) is 124 Å². The predicted octanol–water partition coefficient (Wildman–Crippen LogP) is 2.66. The third-order valence-corrected chi connectivity index (χ3v) is 6.10. The van der Waals surface area contributed by atoms with Gasteiger partial charge in [0.2, 0.25) is 11.9 Å². The van der Waals surface area contributed by atoms with Gasteiger partial charge in [0.25, 0.3) is 11.5 Å². The lowest BCUT2D eigenvalue weighted by Crippen LogP contribution is -2.50. The largest absolute Gasteiger partial charge is 0.419 e. The zero-order chi connectivity index (χ0) is 27.1. The fraction of sp³-hybridized carbons (Fsp3) is 0.391. The molecule has 2 N–H and O–H groups in total. The number of alkyl halides is 3. The van der Waals surface area contributed by atoms with Crippen LogP contribution in [0.4, 0.5) is 23.5 Å². The van der Waals surface area contributed by atoms with E-state index in [0.29, 0.717) is 26.2 Å². The van der Waals surface area contributed by atoms with Crippen LogP contribution < -0.4 is 10.9 Å². The van der Waals surface area contributed by atoms with Crippen LogP contribution in [-0.4, -0.2) is 67.7 Å². The Morgan fingerprint density at radius 1 is 1.11 bits per heavy atom. The minimum absolute atomic E-state index is 0.0211. The second-order valence-corrected chi connectivity index (χ2v) is 8.66. The summed E-state index contributed by atoms with van der Waals surface area (Å²) in [6.45, 7) is 5.62. The highest BCUT2D eigenvalue weighted by molar-refractivity contribution is 5.94. The minimum Gasteiger partial charge on any atom is -0.348 e. The lowest BCUT2D eigenvalue weighted by Gasteiger charge is -2.34. The number of amides is 2. The number of H-pyrrole nitrogens is 1. The van der Waals surface area contributed by atoms with E-state index < -0.39 is 40.2 Å². The van der Waals surface area contributed by atoms with E-state index in [-0.39, 0.29) is 34.5 Å². The minimum atomic E-state index is -5.06. The van der Waals surface area contributed by atoms with E-state index in [2.05, 4.69) is 25.3 Å². The van der Waals surface area contributed by atoms with E-state index in [1.807, 2.05) is 0 Å². The first-order valence-electron chi connectivity index (χ1n) is 11.3. The van der Waals surface area contributed by atoms with E-state index in [9.17, 15) is 27.6 Å². The van der Waals surface area contributed by atoms with Gasteiger partial charge in [0, 0.05) is 45.5 Å². The summed E-state index contributed by atoms with van der Waals surface area (Å²) in [4.78, 5) is 53.8. The molecule has 2 amide bonds. The van der Waals surface area contributed by atoms with Crippen molar-refractivity contribution in [2.24, 2.45) is 0 Å². The van der Waals surface area contributed by atoms with E-state index in [4.69, 9.17) is 0 Å². The van der Waals surface area contributed by atoms with Gasteiger partial charge >= 0.3 is 6.18 Å². The van der Waals surface area contributed by atoms with Gasteiger partial charge in [0.1, 0.15) is 11.3 Å². The quantitative estimate of drug-likeness (QED) is 0.506. The van der Waals surface area contributed by atoms with Crippen molar-refractivity contribution in [2.45, 2.75) is 33.0 Å². The first kappa shape index (κ1) is 26.0. The van der Waals surface area contributed by atoms with Crippen LogP contribution >= 0.6 is 0 Å². The Kier molecular flexibility index (Phi) is 6.84. The summed E-state index contributed by atoms with van der Waals surface area (Å²) in [5.41, 5.74) is -3.36. The number of halogens is 4. The average Bonchev–Trinajstić information content (AvgIpc) is 2.83. The third-order valence-electron chi connectivity index (χ3n) is 6.10. The van der Waals surface area contributed by atoms with Crippen LogP contribution in [0.25, 0.3) is 10.9 Å². The monoisotopic (exact) mass is 521 g/mol. The molecule has 0 spiro atoms. The summed E-state index contributed by atoms with van der Waals surface area (Å²) in [5, 5.41) is 2.34. The van der Waals surface area contributed by atoms with Crippen LogP contribution in [0.15, 0.2) is 23.3 Å². The van der Waals surface area contributed by atoms with Crippen molar-refractivity contribution < 1.29 is 27.2 Å². The molecule has 0 radical (unpaired) electrons. The molecular formula is C23H23F4N7O3. The second kappa shape index (κ2) is 9.75. The van der Waals surface area contributed by atoms with Crippen molar-refractivity contribution in [3.8, 4) is 0 Å². The molecule has 3 aromatic rings. The molecule has 1 saturated heterocycles. The maximum atomic E-state index is 15.0. The standard InChI is InChI=1S/C23H23F4N7O3/c1-11(15-8-16-19(31-12(2)32-20(16)36)18(24)17(15)23(25,26)27)30-22-28-9-14(10-29-22)21(37)34-6-4-33(5-7-34)13(3)35/h8-11H,4-7H2,1-3H3,(H,28,29,30)(H,31,32,36)/t11-/m0/s1. The summed E-state index contributed by atoms with van der Waals surface area (Å²) in [6.07, 6.45) is -2.61. The highest BCUT2D eigenvalue weighted by Gasteiger charge is 2.40. The highest BCUT2D eigenvalue weighted by atomic mass is 19.4. The molecule has 1 aliphatic heterocycles. The molecule has 0 aliphatic carbocycles. The van der Waals surface area contributed by atoms with Crippen LogP contribution in [-0.2, 0) is 11.0 Å². The SMILES string of the molecule is CC(=O)N1CCN(C(=O)c2cnc(N[C@@H](C)c3cc4c(=O)[nH]c(C)nc4c(F)c3C(F)(F)F)nc2)CC1. The number of rotatable bonds is 4. The lowest BCUT2D eigenvalue weighted by molar-refractivity contribution is -0.140. The van der Waals surface area contributed by atoms with E-state index in [1.54, 1.807) is 9.80 Å². The number of benzene rings is 1. The van der Waals surface area contributed by atoms with Gasteiger partial charge in [-0.2, -0.15) is 13.2 Å². The molecule has 0 saturated carbocycles. The average molecular weight is 521 g/mol. The molecule has 1 fully saturated rings. The van der Waals surface area contributed by atoms with Gasteiger partial charge in [0.05, 0.1) is 22.6 Å². The van der Waals surface area contributed by atoms with E-state index >= 15 is 4.39 Å². The van der Waals surface area contributed by atoms with Gasteiger partial charge < -0.3 is 20.1 Å². The number of hydrogen-bond acceptors (Lipinski definition) is 7. The van der Waals surface area contributed by atoms with Gasteiger partial charge in [-0.05, 0) is 25.5 Å². The molecule has 3 heterocycles. The van der Waals surface area contributed by atoms with Gasteiger partial charge in [-0.15, -0.1) is 0 Å². The molecule has 10 nitrogen and oxygen atoms in total. The Morgan fingerprint density at radius 2 is 1.70 bits per heavy atom. The molecule has 1 aromatic carbocycles. The van der Waals surface area contributed by atoms with Crippen molar-refractivity contribution in [3.63, 3.8) is 0 Å². The third kappa shape index (κ3) is 5.22. The van der Waals surface area contributed by atoms with Gasteiger partial charge in [-0.25, -0.2) is 19.3 Å². The first-order valence-corrected chi connectivity index (χ1v) is 11.3. The lowest BCUT2D eigenvalue weighted by atomic mass is 9.97. The van der Waals surface area contributed by atoms with Crippen molar-refractivity contribution in [3.05, 3.63) is 57.1 Å². The Hall–Kier alpha value is -4.10. The Labute approximate surface area is 207 Å². The number of carbonyl (C=O) groups excluding carboxylic acids is 2. The zero-order valence-electron chi connectivity index (χ0n) is 20.1. The van der Waals surface area contributed by atoms with Gasteiger partial charge in [-0.1, -0.05) is 0 Å². The van der Waals surface area contributed by atoms with Crippen molar-refractivity contribution >= 4 is 28.7 Å². The Morgan fingerprint density at radius 3 is 2.27 bits per heavy atom. The van der Waals surface area contributed by atoms with Crippen molar-refractivity contribution in [2.75, 3.05) is 31.5 Å². The maximum Gasteiger partial charge on any atom is 0.419 e. The summed E-state index contributed by atoms with van der Waals surface area (Å²) >= 11 is 0. The molecular weight excluding hydrogens is 498 g/mol. The number of aromatic nitrogens is 4. The van der Waals surface area contributed by atoms with E-state index in [1.165, 1.54) is 33.2 Å². The van der Waals surface area contributed by atoms with Crippen LogP contribution in [0.5, 0.6) is 0 Å². The summed E-state index contributed by atoms with van der Waals surface area (Å²) in [5.74, 6) is -2.19. The first-order chi connectivity index (χ1) is 17.4. The number of aromatic amines is 1. The maximum absolute atomic E-state index is 15.0. The molecule has 1 aliphatic rings. The summed E-state index contributed by atoms with van der Waals surface area (Å²) in [7, 11) is 0. The summed E-state index contributed by atoms with van der Waals surface area (Å²) < 4.78 is 56.6. The van der Waals surface area contributed by atoms with Crippen LogP contribution in [0, 0.1) is 12.7 Å². The van der Waals surface area contributed by atoms with E-state index in [0.717, 1.165) is 6.07 Å². The highest BCUT2D eigenvalue weighted by Crippen LogP contribution is 2.39. The second-order valence-electron chi connectivity index (χ2n) is 8.66. The van der Waals surface area contributed by atoms with Gasteiger partial charge in [-0.3, -0.25) is 14.4 Å². The molecule has 4 rings (SSSR count). The predicted molar refractivity (Wildman–Crippen MR) is 124 cm³/mol. The van der Waals surface area contributed by atoms with Gasteiger partial charge in [0.15, 0.2) is 5.82 Å². The van der Waals surface area contributed by atoms with Crippen LogP contribution in [0.3, 0.4) is 0 Å². The number of nitrogens with one attached hydrogen (secondary N) is 2. The van der Waals surface area contributed by atoms with Crippen LogP contribution in [0.2, 0.25) is 0 Å². The molecule has 1 atom stereocenters. The normalized spacial score (nSPS) is 15.1. The molecule has 0 unspecified atom stereocenters. The van der Waals surface area contributed by atoms with Crippen molar-refractivity contribution in [1.29, 1.82) is 0 Å². The number of aryl methyl sites for hydroxylation is 1. The molecule has 2 aromatic heterocycles. The molecule has 196 valence electrons. The Bertz CT molecular complexity index is 1420. The van der Waals surface area contributed by atoms with Crippen LogP contribution in [0.1, 0.15) is 47.2 Å².